The quantitative estimate of drug-likeness (QED) is 0.332. The SMILES string of the molecule is C#CCC.C#[N+][O-]. The fourth-order valence-electron chi connectivity index (χ4n) is 0. The van der Waals surface area contributed by atoms with Crippen LogP contribution in [0.4, 0.5) is 0 Å². The molecule has 38 valence electrons. The zero-order valence-corrected chi connectivity index (χ0v) is 4.22. The second-order valence-electron chi connectivity index (χ2n) is 0.663. The van der Waals surface area contributed by atoms with Gasteiger partial charge in [0.1, 0.15) is 0 Å². The topological polar surface area (TPSA) is 27.4 Å². The van der Waals surface area contributed by atoms with Crippen LogP contribution in [0.25, 0.3) is 5.01 Å². The molecule has 0 unspecified atom stereocenters. The molecule has 0 aromatic heterocycles. The van der Waals surface area contributed by atoms with Crippen LogP contribution < -0.4 is 0 Å². The van der Waals surface area contributed by atoms with E-state index in [0.29, 0.717) is 0 Å². The molecule has 0 aromatic carbocycles. The van der Waals surface area contributed by atoms with Crippen molar-refractivity contribution in [3.63, 3.8) is 0 Å². The smallest absolute Gasteiger partial charge is 0.283 e. The second kappa shape index (κ2) is 21.0. The van der Waals surface area contributed by atoms with Crippen LogP contribution in [0.1, 0.15) is 13.3 Å². The summed E-state index contributed by atoms with van der Waals surface area (Å²) in [5.74, 6) is 2.43. The number of hydrogen-bond donors (Lipinski definition) is 0. The van der Waals surface area contributed by atoms with E-state index in [1.54, 1.807) is 5.01 Å². The van der Waals surface area contributed by atoms with E-state index in [0.717, 1.165) is 6.42 Å². The molecule has 2 nitrogen and oxygen atoms in total. The molecule has 0 aliphatic rings. The first-order valence-electron chi connectivity index (χ1n) is 1.79. The molecule has 0 amide bonds. The highest BCUT2D eigenvalue weighted by molar-refractivity contribution is 4.80. The van der Waals surface area contributed by atoms with E-state index in [4.69, 9.17) is 11.6 Å². The van der Waals surface area contributed by atoms with Crippen molar-refractivity contribution in [3.8, 4) is 18.9 Å². The zero-order chi connectivity index (χ0) is 6.12. The Hall–Kier alpha value is -1.15. The van der Waals surface area contributed by atoms with Crippen molar-refractivity contribution in [1.29, 1.82) is 0 Å². The van der Waals surface area contributed by atoms with Crippen molar-refractivity contribution >= 4 is 0 Å². The number of nitrogens with zero attached hydrogens (tertiary/aromatic N) is 1. The Balaban J connectivity index is 0. The summed E-state index contributed by atoms with van der Waals surface area (Å²) in [5, 5.41) is 10.1. The Kier molecular flexibility index (Phi) is 27.9. The maximum absolute atomic E-state index is 8.33. The molecule has 0 aromatic rings. The molecule has 0 saturated carbocycles. The largest absolute Gasteiger partial charge is 0.499 e. The predicted octanol–water partition coefficient (Wildman–Crippen LogP) is 1.48. The normalized spacial score (nSPS) is 3.86. The Morgan fingerprint density at radius 2 is 2.00 bits per heavy atom. The lowest BCUT2D eigenvalue weighted by molar-refractivity contribution is 1.28. The van der Waals surface area contributed by atoms with Gasteiger partial charge >= 0.3 is 0 Å². The summed E-state index contributed by atoms with van der Waals surface area (Å²) in [7, 11) is 0. The molecular formula is C5H7NO. The molecule has 0 heterocycles. The summed E-state index contributed by atoms with van der Waals surface area (Å²) in [4.78, 5) is 0. The Bertz CT molecular complexity index is 85.2. The Morgan fingerprint density at radius 1 is 1.86 bits per heavy atom. The maximum atomic E-state index is 8.33. The van der Waals surface area contributed by atoms with Crippen LogP contribution in [0.5, 0.6) is 0 Å². The van der Waals surface area contributed by atoms with Gasteiger partial charge < -0.3 is 5.21 Å². The summed E-state index contributed by atoms with van der Waals surface area (Å²) in [5.41, 5.74) is 0. The molecule has 0 N–H and O–H groups in total. The third kappa shape index (κ3) is 1750. The van der Waals surface area contributed by atoms with E-state index in [1.807, 2.05) is 6.92 Å². The van der Waals surface area contributed by atoms with Gasteiger partial charge in [-0.15, -0.1) is 12.3 Å². The summed E-state index contributed by atoms with van der Waals surface area (Å²) in [6, 6.07) is 0. The minimum absolute atomic E-state index is 0.847. The highest BCUT2D eigenvalue weighted by Gasteiger charge is 1.43. The third-order valence-corrected chi connectivity index (χ3v) is 0.204. The molecule has 0 radical (unpaired) electrons. The molecule has 0 atom stereocenters. The van der Waals surface area contributed by atoms with Crippen molar-refractivity contribution in [1.82, 2.24) is 0 Å². The summed E-state index contributed by atoms with van der Waals surface area (Å²) >= 11 is 0. The van der Waals surface area contributed by atoms with Gasteiger partial charge in [0.25, 0.3) is 6.57 Å². The Morgan fingerprint density at radius 3 is 2.00 bits per heavy atom. The molecular weight excluding hydrogens is 90.1 g/mol. The monoisotopic (exact) mass is 97.1 g/mol. The van der Waals surface area contributed by atoms with E-state index in [9.17, 15) is 0 Å². The number of rotatable bonds is 0. The fourth-order valence-corrected chi connectivity index (χ4v) is 0. The molecule has 0 aliphatic heterocycles. The van der Waals surface area contributed by atoms with Gasteiger partial charge in [0, 0.05) is 6.42 Å². The number of terminal acetylenes is 1. The van der Waals surface area contributed by atoms with Gasteiger partial charge in [-0.3, -0.25) is 0 Å². The van der Waals surface area contributed by atoms with E-state index >= 15 is 0 Å². The number of hydrogen-bond acceptors (Lipinski definition) is 1. The van der Waals surface area contributed by atoms with Crippen LogP contribution in [0.3, 0.4) is 0 Å². The van der Waals surface area contributed by atoms with E-state index in [2.05, 4.69) is 12.5 Å². The van der Waals surface area contributed by atoms with E-state index < -0.39 is 0 Å². The predicted molar refractivity (Wildman–Crippen MR) is 30.8 cm³/mol. The van der Waals surface area contributed by atoms with Crippen LogP contribution in [-0.4, -0.2) is 0 Å². The minimum Gasteiger partial charge on any atom is -0.499 e. The average molecular weight is 97.1 g/mol. The second-order valence-corrected chi connectivity index (χ2v) is 0.663. The molecule has 2 heteroatoms. The maximum Gasteiger partial charge on any atom is 0.283 e. The first-order valence-corrected chi connectivity index (χ1v) is 1.79. The van der Waals surface area contributed by atoms with Gasteiger partial charge in [-0.2, -0.15) is 0 Å². The van der Waals surface area contributed by atoms with Crippen LogP contribution in [0.2, 0.25) is 0 Å². The first kappa shape index (κ1) is 9.28. The van der Waals surface area contributed by atoms with Crippen LogP contribution in [-0.2, 0) is 0 Å². The van der Waals surface area contributed by atoms with Crippen LogP contribution in [0.15, 0.2) is 0 Å². The lowest BCUT2D eigenvalue weighted by Crippen LogP contribution is -1.38. The average Bonchev–Trinajstić information content (AvgIpc) is 1.69. The summed E-state index contributed by atoms with van der Waals surface area (Å²) in [6.45, 7) is 5.86. The molecule has 0 spiro atoms. The van der Waals surface area contributed by atoms with Gasteiger partial charge in [-0.25, -0.2) is 0 Å². The zero-order valence-electron chi connectivity index (χ0n) is 4.22. The first-order chi connectivity index (χ1) is 3.33. The molecule has 0 saturated heterocycles. The highest BCUT2D eigenvalue weighted by Crippen LogP contribution is 1.58. The van der Waals surface area contributed by atoms with Crippen molar-refractivity contribution in [3.05, 3.63) is 10.2 Å². The standard InChI is InChI=1S/C4H6.CHNO/c1-3-4-2;1-2-3/h1H,4H2,2H3;1H. The van der Waals surface area contributed by atoms with Gasteiger partial charge in [0.2, 0.25) is 0 Å². The lowest BCUT2D eigenvalue weighted by atomic mass is 10.5. The summed E-state index contributed by atoms with van der Waals surface area (Å²) in [6.07, 6.45) is 5.62. The van der Waals surface area contributed by atoms with Crippen molar-refractivity contribution in [2.24, 2.45) is 0 Å². The molecule has 7 heavy (non-hydrogen) atoms. The minimum atomic E-state index is 0.847. The third-order valence-electron chi connectivity index (χ3n) is 0.204. The fraction of sp³-hybridized carbons (Fsp3) is 0.400. The summed E-state index contributed by atoms with van der Waals surface area (Å²) < 4.78 is 0. The van der Waals surface area contributed by atoms with E-state index in [-0.39, 0.29) is 0 Å². The molecule has 0 fully saturated rings. The Labute approximate surface area is 43.6 Å². The van der Waals surface area contributed by atoms with Gasteiger partial charge in [-0.1, -0.05) is 6.92 Å². The van der Waals surface area contributed by atoms with Gasteiger partial charge in [0.15, 0.2) is 0 Å². The van der Waals surface area contributed by atoms with Crippen LogP contribution >= 0.6 is 0 Å². The molecule has 0 bridgehead atoms. The van der Waals surface area contributed by atoms with E-state index in [1.165, 1.54) is 0 Å². The molecule has 0 rings (SSSR count). The molecule has 0 aliphatic carbocycles. The van der Waals surface area contributed by atoms with Crippen LogP contribution in [0, 0.1) is 24.1 Å². The van der Waals surface area contributed by atoms with Gasteiger partial charge in [-0.05, 0) is 5.01 Å². The van der Waals surface area contributed by atoms with Crippen molar-refractivity contribution in [2.45, 2.75) is 13.3 Å². The van der Waals surface area contributed by atoms with Crippen molar-refractivity contribution < 1.29 is 0 Å². The van der Waals surface area contributed by atoms with Gasteiger partial charge in [0.05, 0.1) is 0 Å². The van der Waals surface area contributed by atoms with Crippen molar-refractivity contribution in [2.75, 3.05) is 0 Å². The highest BCUT2D eigenvalue weighted by atomic mass is 16.4. The lowest BCUT2D eigenvalue weighted by Gasteiger charge is -1.52.